The lowest BCUT2D eigenvalue weighted by Gasteiger charge is -2.09. The van der Waals surface area contributed by atoms with Gasteiger partial charge < -0.3 is 9.47 Å². The molecule has 2 aromatic carbocycles. The van der Waals surface area contributed by atoms with Gasteiger partial charge in [0.15, 0.2) is 20.2 Å². The van der Waals surface area contributed by atoms with Crippen LogP contribution in [0, 0.1) is 0 Å². The molecule has 1 heterocycles. The van der Waals surface area contributed by atoms with Gasteiger partial charge in [-0.2, -0.15) is 5.10 Å². The second kappa shape index (κ2) is 12.1. The summed E-state index contributed by atoms with van der Waals surface area (Å²) in [4.78, 5) is 12.2. The first-order valence-corrected chi connectivity index (χ1v) is 12.5. The van der Waals surface area contributed by atoms with E-state index in [1.165, 1.54) is 23.1 Å². The molecule has 0 aliphatic heterocycles. The maximum Gasteiger partial charge on any atom is 0.250 e. The van der Waals surface area contributed by atoms with Crippen LogP contribution in [0.5, 0.6) is 11.5 Å². The Morgan fingerprint density at radius 2 is 1.75 bits per heavy atom. The Bertz CT molecular complexity index is 1090. The average molecular weight is 509 g/mol. The fourth-order valence-electron chi connectivity index (χ4n) is 2.47. The Hall–Kier alpha value is -2.27. The van der Waals surface area contributed by atoms with E-state index < -0.39 is 0 Å². The number of amides is 1. The molecule has 32 heavy (non-hydrogen) atoms. The van der Waals surface area contributed by atoms with E-state index in [0.717, 1.165) is 30.6 Å². The molecule has 0 bridgehead atoms. The fourth-order valence-corrected chi connectivity index (χ4v) is 5.37. The van der Waals surface area contributed by atoms with E-state index in [0.29, 0.717) is 17.2 Å². The molecule has 0 spiro atoms. The summed E-state index contributed by atoms with van der Waals surface area (Å²) in [5.41, 5.74) is 5.21. The normalized spacial score (nSPS) is 11.3. The first-order chi connectivity index (χ1) is 15.5. The number of methoxy groups -OCH3 is 2. The molecule has 3 rings (SSSR count). The standard InChI is InChI=1S/C21H21ClN4O3S3/c1-13(15-6-9-17(28-2)18(10-15)29-3)23-24-19(27)12-31-21-26-25-20(32-21)30-11-14-4-7-16(22)8-5-14/h4-10H,11-12H2,1-3H3,(H,24,27). The van der Waals surface area contributed by atoms with Gasteiger partial charge in [0.2, 0.25) is 0 Å². The second-order valence-electron chi connectivity index (χ2n) is 6.34. The Morgan fingerprint density at radius 1 is 1.06 bits per heavy atom. The number of nitrogens with one attached hydrogen (secondary N) is 1. The molecule has 0 unspecified atom stereocenters. The number of hydrazone groups is 1. The van der Waals surface area contributed by atoms with Crippen LogP contribution in [0.3, 0.4) is 0 Å². The molecule has 0 aliphatic carbocycles. The van der Waals surface area contributed by atoms with E-state index >= 15 is 0 Å². The van der Waals surface area contributed by atoms with Crippen molar-refractivity contribution in [3.05, 3.63) is 58.6 Å². The predicted octanol–water partition coefficient (Wildman–Crippen LogP) is 5.13. The summed E-state index contributed by atoms with van der Waals surface area (Å²) in [5.74, 6) is 1.98. The van der Waals surface area contributed by atoms with Crippen LogP contribution in [0.1, 0.15) is 18.1 Å². The Labute approximate surface area is 204 Å². The predicted molar refractivity (Wildman–Crippen MR) is 132 cm³/mol. The summed E-state index contributed by atoms with van der Waals surface area (Å²) in [6.45, 7) is 1.81. The van der Waals surface area contributed by atoms with Crippen LogP contribution >= 0.6 is 46.5 Å². The number of halogens is 1. The molecule has 1 aromatic heterocycles. The Morgan fingerprint density at radius 3 is 2.44 bits per heavy atom. The van der Waals surface area contributed by atoms with Gasteiger partial charge in [-0.25, -0.2) is 5.43 Å². The highest BCUT2D eigenvalue weighted by Gasteiger charge is 2.10. The van der Waals surface area contributed by atoms with Crippen molar-refractivity contribution in [1.29, 1.82) is 0 Å². The number of carbonyl (C=O) groups excluding carboxylic acids is 1. The molecule has 7 nitrogen and oxygen atoms in total. The summed E-state index contributed by atoms with van der Waals surface area (Å²) in [7, 11) is 3.15. The zero-order valence-corrected chi connectivity index (χ0v) is 20.8. The van der Waals surface area contributed by atoms with Gasteiger partial charge in [0.1, 0.15) is 0 Å². The lowest BCUT2D eigenvalue weighted by molar-refractivity contribution is -0.118. The molecular weight excluding hydrogens is 488 g/mol. The maximum absolute atomic E-state index is 12.2. The average Bonchev–Trinajstić information content (AvgIpc) is 3.28. The molecule has 168 valence electrons. The highest BCUT2D eigenvalue weighted by atomic mass is 35.5. The minimum Gasteiger partial charge on any atom is -0.493 e. The molecule has 1 N–H and O–H groups in total. The van der Waals surface area contributed by atoms with Gasteiger partial charge in [-0.3, -0.25) is 4.79 Å². The first kappa shape index (κ1) is 24.4. The van der Waals surface area contributed by atoms with Gasteiger partial charge in [-0.15, -0.1) is 10.2 Å². The number of carbonyl (C=O) groups is 1. The molecule has 3 aromatic rings. The number of benzene rings is 2. The number of hydrogen-bond donors (Lipinski definition) is 1. The largest absolute Gasteiger partial charge is 0.493 e. The zero-order valence-electron chi connectivity index (χ0n) is 17.6. The van der Waals surface area contributed by atoms with Crippen molar-refractivity contribution in [3.63, 3.8) is 0 Å². The Balaban J connectivity index is 1.47. The molecule has 0 aliphatic rings. The van der Waals surface area contributed by atoms with Gasteiger partial charge in [0, 0.05) is 16.3 Å². The minimum absolute atomic E-state index is 0.194. The van der Waals surface area contributed by atoms with Crippen molar-refractivity contribution in [2.75, 3.05) is 20.0 Å². The SMILES string of the molecule is COc1ccc(C(C)=NNC(=O)CSc2nnc(SCc3ccc(Cl)cc3)s2)cc1OC. The highest BCUT2D eigenvalue weighted by Crippen LogP contribution is 2.31. The number of hydrogen-bond acceptors (Lipinski definition) is 9. The first-order valence-electron chi connectivity index (χ1n) is 9.37. The van der Waals surface area contributed by atoms with E-state index in [4.69, 9.17) is 21.1 Å². The lowest BCUT2D eigenvalue weighted by Crippen LogP contribution is -2.21. The van der Waals surface area contributed by atoms with Crippen molar-refractivity contribution < 1.29 is 14.3 Å². The fraction of sp³-hybridized carbons (Fsp3) is 0.238. The van der Waals surface area contributed by atoms with Gasteiger partial charge >= 0.3 is 0 Å². The molecule has 0 saturated heterocycles. The van der Waals surface area contributed by atoms with Crippen LogP contribution in [0.2, 0.25) is 5.02 Å². The van der Waals surface area contributed by atoms with Crippen molar-refractivity contribution in [3.8, 4) is 11.5 Å². The molecule has 1 amide bonds. The van der Waals surface area contributed by atoms with Crippen LogP contribution in [0.4, 0.5) is 0 Å². The van der Waals surface area contributed by atoms with Crippen LogP contribution < -0.4 is 14.9 Å². The number of rotatable bonds is 10. The third kappa shape index (κ3) is 7.13. The maximum atomic E-state index is 12.2. The summed E-state index contributed by atoms with van der Waals surface area (Å²) >= 11 is 10.3. The van der Waals surface area contributed by atoms with Gasteiger partial charge in [-0.1, -0.05) is 58.6 Å². The van der Waals surface area contributed by atoms with E-state index in [-0.39, 0.29) is 11.7 Å². The molecule has 0 saturated carbocycles. The van der Waals surface area contributed by atoms with Crippen LogP contribution in [0.25, 0.3) is 0 Å². The third-order valence-corrected chi connectivity index (χ3v) is 7.65. The zero-order chi connectivity index (χ0) is 22.9. The molecule has 11 heteroatoms. The highest BCUT2D eigenvalue weighted by molar-refractivity contribution is 8.03. The second-order valence-corrected chi connectivity index (χ2v) is 10.2. The molecule has 0 fully saturated rings. The Kier molecular flexibility index (Phi) is 9.22. The van der Waals surface area contributed by atoms with E-state index in [1.54, 1.807) is 32.0 Å². The topological polar surface area (TPSA) is 85.7 Å². The quantitative estimate of drug-likeness (QED) is 0.231. The smallest absolute Gasteiger partial charge is 0.250 e. The molecule has 0 atom stereocenters. The summed E-state index contributed by atoms with van der Waals surface area (Å²) in [5, 5.41) is 13.2. The van der Waals surface area contributed by atoms with Crippen LogP contribution in [-0.2, 0) is 10.5 Å². The monoisotopic (exact) mass is 508 g/mol. The lowest BCUT2D eigenvalue weighted by atomic mass is 10.1. The summed E-state index contributed by atoms with van der Waals surface area (Å²) in [6, 6.07) is 13.2. The van der Waals surface area contributed by atoms with E-state index in [2.05, 4.69) is 20.7 Å². The van der Waals surface area contributed by atoms with Crippen LogP contribution in [0.15, 0.2) is 56.2 Å². The van der Waals surface area contributed by atoms with E-state index in [1.807, 2.05) is 43.3 Å². The number of aromatic nitrogens is 2. The van der Waals surface area contributed by atoms with Gasteiger partial charge in [0.25, 0.3) is 5.91 Å². The van der Waals surface area contributed by atoms with E-state index in [9.17, 15) is 4.79 Å². The van der Waals surface area contributed by atoms with Crippen molar-refractivity contribution in [1.82, 2.24) is 15.6 Å². The number of ether oxygens (including phenoxy) is 2. The van der Waals surface area contributed by atoms with Crippen molar-refractivity contribution >= 4 is 58.1 Å². The molecular formula is C21H21ClN4O3S3. The minimum atomic E-state index is -0.222. The third-order valence-electron chi connectivity index (χ3n) is 4.14. The summed E-state index contributed by atoms with van der Waals surface area (Å²) in [6.07, 6.45) is 0. The molecule has 0 radical (unpaired) electrons. The van der Waals surface area contributed by atoms with Crippen molar-refractivity contribution in [2.45, 2.75) is 21.4 Å². The van der Waals surface area contributed by atoms with Gasteiger partial charge in [0.05, 0.1) is 25.7 Å². The van der Waals surface area contributed by atoms with Crippen LogP contribution in [-0.4, -0.2) is 41.8 Å². The summed E-state index contributed by atoms with van der Waals surface area (Å²) < 4.78 is 12.1. The van der Waals surface area contributed by atoms with Gasteiger partial charge in [-0.05, 0) is 42.8 Å². The van der Waals surface area contributed by atoms with Crippen molar-refractivity contribution in [2.24, 2.45) is 5.10 Å². The number of thioether (sulfide) groups is 2. The number of nitrogens with zero attached hydrogens (tertiary/aromatic N) is 3.